The Morgan fingerprint density at radius 1 is 1.35 bits per heavy atom. The SMILES string of the molecule is COc1ccccc1/C=C/CN1CCS(=O)(=O)N2CCOCC12. The van der Waals surface area contributed by atoms with E-state index in [1.54, 1.807) is 11.4 Å². The molecule has 1 aromatic rings. The summed E-state index contributed by atoms with van der Waals surface area (Å²) in [6, 6.07) is 7.81. The summed E-state index contributed by atoms with van der Waals surface area (Å²) < 4.78 is 36.7. The molecule has 0 amide bonds. The van der Waals surface area contributed by atoms with Gasteiger partial charge in [0.2, 0.25) is 10.0 Å². The zero-order chi connectivity index (χ0) is 16.3. The van der Waals surface area contributed by atoms with E-state index in [1.807, 2.05) is 36.4 Å². The van der Waals surface area contributed by atoms with Crippen LogP contribution in [0.15, 0.2) is 30.3 Å². The van der Waals surface area contributed by atoms with Crippen molar-refractivity contribution in [2.75, 3.05) is 45.7 Å². The number of sulfonamides is 1. The number of para-hydroxylation sites is 1. The zero-order valence-electron chi connectivity index (χ0n) is 13.2. The summed E-state index contributed by atoms with van der Waals surface area (Å²) in [5.74, 6) is 0.999. The topological polar surface area (TPSA) is 59.1 Å². The Morgan fingerprint density at radius 3 is 3.00 bits per heavy atom. The predicted octanol–water partition coefficient (Wildman–Crippen LogP) is 1.01. The van der Waals surface area contributed by atoms with Crippen molar-refractivity contribution in [3.8, 4) is 5.75 Å². The molecule has 0 aromatic heterocycles. The lowest BCUT2D eigenvalue weighted by atomic mass is 10.2. The molecule has 6 nitrogen and oxygen atoms in total. The summed E-state index contributed by atoms with van der Waals surface area (Å²) in [6.45, 7) is 2.56. The number of ether oxygens (including phenoxy) is 2. The van der Waals surface area contributed by atoms with Gasteiger partial charge in [0.05, 0.1) is 26.1 Å². The molecular weight excluding hydrogens is 316 g/mol. The van der Waals surface area contributed by atoms with Crippen LogP contribution in [0, 0.1) is 0 Å². The minimum absolute atomic E-state index is 0.173. The first-order chi connectivity index (χ1) is 11.1. The van der Waals surface area contributed by atoms with E-state index in [0.717, 1.165) is 11.3 Å². The fourth-order valence-electron chi connectivity index (χ4n) is 3.02. The van der Waals surface area contributed by atoms with Gasteiger partial charge in [-0.3, -0.25) is 4.90 Å². The quantitative estimate of drug-likeness (QED) is 0.820. The molecule has 0 spiro atoms. The van der Waals surface area contributed by atoms with E-state index in [0.29, 0.717) is 32.8 Å². The Balaban J connectivity index is 1.69. The highest BCUT2D eigenvalue weighted by molar-refractivity contribution is 7.89. The third-order valence-electron chi connectivity index (χ3n) is 4.25. The van der Waals surface area contributed by atoms with Gasteiger partial charge in [-0.2, -0.15) is 4.31 Å². The lowest BCUT2D eigenvalue weighted by Crippen LogP contribution is -2.62. The predicted molar refractivity (Wildman–Crippen MR) is 88.7 cm³/mol. The molecule has 2 aliphatic heterocycles. The normalized spacial score (nSPS) is 25.3. The van der Waals surface area contributed by atoms with Crippen molar-refractivity contribution in [2.24, 2.45) is 0 Å². The maximum atomic E-state index is 12.1. The lowest BCUT2D eigenvalue weighted by Gasteiger charge is -2.44. The van der Waals surface area contributed by atoms with Gasteiger partial charge in [0.1, 0.15) is 11.9 Å². The molecule has 0 bridgehead atoms. The van der Waals surface area contributed by atoms with E-state index in [-0.39, 0.29) is 11.9 Å². The minimum atomic E-state index is -3.14. The average Bonchev–Trinajstić information content (AvgIpc) is 2.57. The molecule has 1 aromatic carbocycles. The molecule has 1 atom stereocenters. The third kappa shape index (κ3) is 3.58. The van der Waals surface area contributed by atoms with Crippen molar-refractivity contribution in [1.29, 1.82) is 0 Å². The largest absolute Gasteiger partial charge is 0.496 e. The Morgan fingerprint density at radius 2 is 2.17 bits per heavy atom. The van der Waals surface area contributed by atoms with Crippen LogP contribution in [-0.4, -0.2) is 69.5 Å². The highest BCUT2D eigenvalue weighted by Gasteiger charge is 2.40. The fourth-order valence-corrected chi connectivity index (χ4v) is 4.64. The summed E-state index contributed by atoms with van der Waals surface area (Å²) in [7, 11) is -1.48. The van der Waals surface area contributed by atoms with Crippen LogP contribution in [0.4, 0.5) is 0 Å². The van der Waals surface area contributed by atoms with Gasteiger partial charge in [-0.15, -0.1) is 0 Å². The molecule has 2 heterocycles. The second kappa shape index (κ2) is 7.00. The third-order valence-corrected chi connectivity index (χ3v) is 6.09. The first-order valence-electron chi connectivity index (χ1n) is 7.73. The standard InChI is InChI=1S/C16H22N2O4S/c1-21-15-7-3-2-5-14(15)6-4-8-17-10-12-23(19,20)18-9-11-22-13-16(17)18/h2-7,16H,8-13H2,1H3/b6-4+. The minimum Gasteiger partial charge on any atom is -0.496 e. The monoisotopic (exact) mass is 338 g/mol. The molecular formula is C16H22N2O4S. The molecule has 0 N–H and O–H groups in total. The van der Waals surface area contributed by atoms with Crippen LogP contribution < -0.4 is 4.74 Å². The number of benzene rings is 1. The van der Waals surface area contributed by atoms with Crippen LogP contribution in [0.25, 0.3) is 6.08 Å². The van der Waals surface area contributed by atoms with E-state index < -0.39 is 10.0 Å². The van der Waals surface area contributed by atoms with Crippen LogP contribution >= 0.6 is 0 Å². The van der Waals surface area contributed by atoms with Crippen LogP contribution in [0.1, 0.15) is 5.56 Å². The number of hydrogen-bond donors (Lipinski definition) is 0. The molecule has 23 heavy (non-hydrogen) atoms. The van der Waals surface area contributed by atoms with E-state index >= 15 is 0 Å². The van der Waals surface area contributed by atoms with E-state index in [9.17, 15) is 8.42 Å². The van der Waals surface area contributed by atoms with Crippen molar-refractivity contribution in [1.82, 2.24) is 9.21 Å². The van der Waals surface area contributed by atoms with Gasteiger partial charge >= 0.3 is 0 Å². The average molecular weight is 338 g/mol. The molecule has 7 heteroatoms. The van der Waals surface area contributed by atoms with Crippen molar-refractivity contribution in [2.45, 2.75) is 6.17 Å². The Bertz CT molecular complexity index is 674. The number of methoxy groups -OCH3 is 1. The van der Waals surface area contributed by atoms with Gasteiger partial charge in [-0.1, -0.05) is 30.4 Å². The summed E-state index contributed by atoms with van der Waals surface area (Å²) in [5, 5.41) is 0. The van der Waals surface area contributed by atoms with Gasteiger partial charge in [-0.25, -0.2) is 8.42 Å². The molecule has 1 unspecified atom stereocenters. The number of fused-ring (bicyclic) bond motifs is 1. The maximum Gasteiger partial charge on any atom is 0.216 e. The lowest BCUT2D eigenvalue weighted by molar-refractivity contribution is -0.0387. The Labute approximate surface area is 137 Å². The molecule has 2 fully saturated rings. The van der Waals surface area contributed by atoms with E-state index in [2.05, 4.69) is 4.90 Å². The van der Waals surface area contributed by atoms with Crippen LogP contribution in [-0.2, 0) is 14.8 Å². The molecule has 0 aliphatic carbocycles. The van der Waals surface area contributed by atoms with Crippen LogP contribution in [0.2, 0.25) is 0 Å². The molecule has 0 radical (unpaired) electrons. The Hall–Kier alpha value is -1.41. The second-order valence-electron chi connectivity index (χ2n) is 5.62. The summed E-state index contributed by atoms with van der Waals surface area (Å²) in [4.78, 5) is 2.14. The van der Waals surface area contributed by atoms with Gasteiger partial charge in [0.25, 0.3) is 0 Å². The molecule has 2 aliphatic rings. The summed E-state index contributed by atoms with van der Waals surface area (Å²) in [6.07, 6.45) is 3.86. The van der Waals surface area contributed by atoms with E-state index in [1.165, 1.54) is 0 Å². The van der Waals surface area contributed by atoms with Crippen molar-refractivity contribution >= 4 is 16.1 Å². The van der Waals surface area contributed by atoms with Gasteiger partial charge < -0.3 is 9.47 Å². The van der Waals surface area contributed by atoms with Gasteiger partial charge in [0.15, 0.2) is 0 Å². The highest BCUT2D eigenvalue weighted by Crippen LogP contribution is 2.22. The van der Waals surface area contributed by atoms with Crippen LogP contribution in [0.5, 0.6) is 5.75 Å². The van der Waals surface area contributed by atoms with Crippen molar-refractivity contribution in [3.05, 3.63) is 35.9 Å². The molecule has 2 saturated heterocycles. The summed E-state index contributed by atoms with van der Waals surface area (Å²) >= 11 is 0. The first kappa shape index (κ1) is 16.4. The molecule has 126 valence electrons. The van der Waals surface area contributed by atoms with Gasteiger partial charge in [-0.05, 0) is 6.07 Å². The maximum absolute atomic E-state index is 12.1. The van der Waals surface area contributed by atoms with Crippen molar-refractivity contribution < 1.29 is 17.9 Å². The Kier molecular flexibility index (Phi) is 5.01. The molecule has 0 saturated carbocycles. The molecule has 3 rings (SSSR count). The van der Waals surface area contributed by atoms with Gasteiger partial charge in [0, 0.05) is 25.2 Å². The van der Waals surface area contributed by atoms with Crippen molar-refractivity contribution in [3.63, 3.8) is 0 Å². The van der Waals surface area contributed by atoms with Crippen LogP contribution in [0.3, 0.4) is 0 Å². The smallest absolute Gasteiger partial charge is 0.216 e. The highest BCUT2D eigenvalue weighted by atomic mass is 32.2. The zero-order valence-corrected chi connectivity index (χ0v) is 14.0. The number of morpholine rings is 1. The fraction of sp³-hybridized carbons (Fsp3) is 0.500. The second-order valence-corrected chi connectivity index (χ2v) is 7.66. The summed E-state index contributed by atoms with van der Waals surface area (Å²) in [5.41, 5.74) is 1.01. The number of nitrogens with zero attached hydrogens (tertiary/aromatic N) is 2. The van der Waals surface area contributed by atoms with E-state index in [4.69, 9.17) is 9.47 Å². The first-order valence-corrected chi connectivity index (χ1v) is 9.33. The number of rotatable bonds is 4. The number of hydrogen-bond acceptors (Lipinski definition) is 5.